The maximum Gasteiger partial charge on any atom is 0.335 e. The molecule has 144 valence electrons. The number of hydrogen-bond acceptors (Lipinski definition) is 3. The molecule has 1 heterocycles. The number of benzene rings is 2. The number of rotatable bonds is 5. The Balaban J connectivity index is 1.91. The molecule has 2 unspecified atom stereocenters. The number of carboxylic acids is 1. The number of anilines is 2. The summed E-state index contributed by atoms with van der Waals surface area (Å²) in [5.41, 5.74) is 4.13. The topological polar surface area (TPSA) is 78.4 Å². The van der Waals surface area contributed by atoms with E-state index in [-0.39, 0.29) is 16.7 Å². The predicted molar refractivity (Wildman–Crippen MR) is 111 cm³/mol. The zero-order valence-electron chi connectivity index (χ0n) is 16.1. The van der Waals surface area contributed by atoms with Gasteiger partial charge < -0.3 is 15.1 Å². The Morgan fingerprint density at radius 3 is 2.67 bits per heavy atom. The number of hydrogen-bond donors (Lipinski definition) is 3. The van der Waals surface area contributed by atoms with Crippen LogP contribution in [-0.2, 0) is 17.4 Å². The first-order valence-electron chi connectivity index (χ1n) is 9.07. The summed E-state index contributed by atoms with van der Waals surface area (Å²) in [4.78, 5) is 11.3. The zero-order valence-corrected chi connectivity index (χ0v) is 16.9. The minimum Gasteiger partial charge on any atom is -0.478 e. The van der Waals surface area contributed by atoms with Crippen molar-refractivity contribution in [1.29, 1.82) is 0 Å². The first-order valence-corrected chi connectivity index (χ1v) is 10.3. The number of nitrogens with one attached hydrogen (secondary N) is 2. The normalized spacial score (nSPS) is 19.1. The lowest BCUT2D eigenvalue weighted by atomic mass is 9.72. The van der Waals surface area contributed by atoms with Crippen LogP contribution < -0.4 is 10.0 Å². The number of fused-ring (bicyclic) bond motifs is 1. The van der Waals surface area contributed by atoms with Gasteiger partial charge in [0.15, 0.2) is 0 Å². The molecule has 0 fully saturated rings. The molecule has 3 N–H and O–H groups in total. The van der Waals surface area contributed by atoms with Gasteiger partial charge in [-0.3, -0.25) is 0 Å². The van der Waals surface area contributed by atoms with Crippen molar-refractivity contribution in [2.75, 3.05) is 10.0 Å². The highest BCUT2D eigenvalue weighted by Gasteiger charge is 2.36. The molecule has 0 amide bonds. The van der Waals surface area contributed by atoms with E-state index in [4.69, 9.17) is 0 Å². The summed E-state index contributed by atoms with van der Waals surface area (Å²) >= 11 is 0. The van der Waals surface area contributed by atoms with Crippen LogP contribution in [0, 0.1) is 5.41 Å². The van der Waals surface area contributed by atoms with Gasteiger partial charge in [-0.2, -0.15) is 0 Å². The molecule has 2 atom stereocenters. The van der Waals surface area contributed by atoms with Gasteiger partial charge in [-0.15, -0.1) is 0 Å². The van der Waals surface area contributed by atoms with Crippen molar-refractivity contribution >= 4 is 28.3 Å². The van der Waals surface area contributed by atoms with E-state index >= 15 is 0 Å². The molecule has 0 spiro atoms. The number of carboxylic acid groups (broad SMARTS) is 1. The van der Waals surface area contributed by atoms with Crippen LogP contribution >= 0.6 is 0 Å². The standard InChI is InChI=1S/C21H26N2O3S/c1-13(2)27(26)23-17-7-5-6-14(11-17)19-21(3,4)12-16-10-15(20(24)25)8-9-18(16)22-19/h5-11,13,19,22-23H,12H2,1-4H3,(H,24,25). The maximum atomic E-state index is 12.1. The van der Waals surface area contributed by atoms with Gasteiger partial charge in [0.1, 0.15) is 11.0 Å². The van der Waals surface area contributed by atoms with Crippen molar-refractivity contribution in [2.24, 2.45) is 5.41 Å². The van der Waals surface area contributed by atoms with E-state index in [9.17, 15) is 14.1 Å². The van der Waals surface area contributed by atoms with Gasteiger partial charge in [-0.1, -0.05) is 26.0 Å². The Kier molecular flexibility index (Phi) is 5.29. The van der Waals surface area contributed by atoms with E-state index in [1.54, 1.807) is 12.1 Å². The van der Waals surface area contributed by atoms with Crippen molar-refractivity contribution in [3.05, 3.63) is 59.2 Å². The van der Waals surface area contributed by atoms with Crippen molar-refractivity contribution in [3.63, 3.8) is 0 Å². The van der Waals surface area contributed by atoms with Crippen LogP contribution in [0.1, 0.15) is 55.2 Å². The van der Waals surface area contributed by atoms with E-state index in [0.29, 0.717) is 5.56 Å². The highest BCUT2D eigenvalue weighted by molar-refractivity contribution is 7.86. The lowest BCUT2D eigenvalue weighted by Gasteiger charge is -2.41. The lowest BCUT2D eigenvalue weighted by molar-refractivity contribution is 0.0696. The third-order valence-corrected chi connectivity index (χ3v) is 6.24. The molecule has 0 radical (unpaired) electrons. The first kappa shape index (κ1) is 19.4. The number of aromatic carboxylic acids is 1. The predicted octanol–water partition coefficient (Wildman–Crippen LogP) is 4.60. The monoisotopic (exact) mass is 386 g/mol. The second-order valence-corrected chi connectivity index (χ2v) is 9.74. The van der Waals surface area contributed by atoms with E-state index < -0.39 is 17.0 Å². The van der Waals surface area contributed by atoms with Crippen LogP contribution in [0.4, 0.5) is 11.4 Å². The van der Waals surface area contributed by atoms with Gasteiger partial charge in [0, 0.05) is 16.6 Å². The Morgan fingerprint density at radius 2 is 2.00 bits per heavy atom. The van der Waals surface area contributed by atoms with E-state index in [2.05, 4.69) is 30.0 Å². The van der Waals surface area contributed by atoms with Crippen LogP contribution in [0.3, 0.4) is 0 Å². The Morgan fingerprint density at radius 1 is 1.26 bits per heavy atom. The SMILES string of the molecule is CC(C)S(=O)Nc1cccc(C2Nc3ccc(C(=O)O)cc3CC2(C)C)c1. The van der Waals surface area contributed by atoms with E-state index in [1.807, 2.05) is 38.1 Å². The van der Waals surface area contributed by atoms with Gasteiger partial charge >= 0.3 is 5.97 Å². The Bertz CT molecular complexity index is 893. The average molecular weight is 387 g/mol. The molecule has 6 heteroatoms. The summed E-state index contributed by atoms with van der Waals surface area (Å²) in [6, 6.07) is 13.3. The molecular weight excluding hydrogens is 360 g/mol. The molecule has 0 aliphatic carbocycles. The van der Waals surface area contributed by atoms with Crippen LogP contribution in [-0.4, -0.2) is 20.5 Å². The lowest BCUT2D eigenvalue weighted by Crippen LogP contribution is -2.35. The molecular formula is C21H26N2O3S. The fraction of sp³-hybridized carbons (Fsp3) is 0.381. The molecule has 1 aliphatic rings. The quantitative estimate of drug-likeness (QED) is 0.701. The highest BCUT2D eigenvalue weighted by Crippen LogP contribution is 2.45. The van der Waals surface area contributed by atoms with E-state index in [1.165, 1.54) is 0 Å². The molecule has 3 rings (SSSR count). The van der Waals surface area contributed by atoms with Crippen molar-refractivity contribution in [2.45, 2.75) is 45.4 Å². The van der Waals surface area contributed by atoms with Crippen LogP contribution in [0.2, 0.25) is 0 Å². The minimum atomic E-state index is -1.12. The molecule has 2 aromatic carbocycles. The fourth-order valence-electron chi connectivity index (χ4n) is 3.51. The summed E-state index contributed by atoms with van der Waals surface area (Å²) in [6.45, 7) is 8.18. The van der Waals surface area contributed by atoms with Gasteiger partial charge in [0.05, 0.1) is 11.6 Å². The van der Waals surface area contributed by atoms with Gasteiger partial charge in [0.2, 0.25) is 0 Å². The molecule has 5 nitrogen and oxygen atoms in total. The molecule has 0 bridgehead atoms. The minimum absolute atomic E-state index is 0.0354. The fourth-order valence-corrected chi connectivity index (χ4v) is 4.10. The summed E-state index contributed by atoms with van der Waals surface area (Å²) in [5, 5.41) is 12.8. The second-order valence-electron chi connectivity index (χ2n) is 7.99. The number of carbonyl (C=O) groups is 1. The van der Waals surface area contributed by atoms with Gasteiger partial charge in [0.25, 0.3) is 0 Å². The summed E-state index contributed by atoms with van der Waals surface area (Å²) in [7, 11) is -1.12. The van der Waals surface area contributed by atoms with E-state index in [0.717, 1.165) is 28.9 Å². The summed E-state index contributed by atoms with van der Waals surface area (Å²) < 4.78 is 15.2. The molecule has 1 aliphatic heterocycles. The Labute approximate surface area is 162 Å². The molecule has 0 aromatic heterocycles. The third kappa shape index (κ3) is 4.16. The molecule has 2 aromatic rings. The van der Waals surface area contributed by atoms with Crippen molar-refractivity contribution in [3.8, 4) is 0 Å². The highest BCUT2D eigenvalue weighted by atomic mass is 32.2. The van der Waals surface area contributed by atoms with Crippen LogP contribution in [0.15, 0.2) is 42.5 Å². The van der Waals surface area contributed by atoms with Crippen molar-refractivity contribution < 1.29 is 14.1 Å². The third-order valence-electron chi connectivity index (χ3n) is 4.95. The van der Waals surface area contributed by atoms with Crippen molar-refractivity contribution in [1.82, 2.24) is 0 Å². The largest absolute Gasteiger partial charge is 0.478 e. The maximum absolute atomic E-state index is 12.1. The van der Waals surface area contributed by atoms with Crippen LogP contribution in [0.25, 0.3) is 0 Å². The molecule has 0 saturated heterocycles. The average Bonchev–Trinajstić information content (AvgIpc) is 2.59. The smallest absolute Gasteiger partial charge is 0.335 e. The van der Waals surface area contributed by atoms with Crippen LogP contribution in [0.5, 0.6) is 0 Å². The molecule has 27 heavy (non-hydrogen) atoms. The Hall–Kier alpha value is -2.34. The summed E-state index contributed by atoms with van der Waals surface area (Å²) in [5.74, 6) is -0.908. The first-order chi connectivity index (χ1) is 12.7. The molecule has 0 saturated carbocycles. The van der Waals surface area contributed by atoms with Gasteiger partial charge in [-0.05, 0) is 67.1 Å². The zero-order chi connectivity index (χ0) is 19.8. The second kappa shape index (κ2) is 7.35. The van der Waals surface area contributed by atoms with Gasteiger partial charge in [-0.25, -0.2) is 9.00 Å². The summed E-state index contributed by atoms with van der Waals surface area (Å²) in [6.07, 6.45) is 0.775.